The first-order chi connectivity index (χ1) is 7.84. The van der Waals surface area contributed by atoms with Gasteiger partial charge in [0.2, 0.25) is 5.91 Å². The van der Waals surface area contributed by atoms with Crippen molar-refractivity contribution in [2.24, 2.45) is 17.3 Å². The van der Waals surface area contributed by atoms with Crippen LogP contribution in [0.1, 0.15) is 26.7 Å². The molecule has 4 nitrogen and oxygen atoms in total. The Morgan fingerprint density at radius 2 is 1.94 bits per heavy atom. The molecule has 0 aromatic heterocycles. The lowest BCUT2D eigenvalue weighted by Gasteiger charge is -2.13. The highest BCUT2D eigenvalue weighted by molar-refractivity contribution is 8.00. The van der Waals surface area contributed by atoms with Gasteiger partial charge in [0.1, 0.15) is 0 Å². The maximum Gasteiger partial charge on any atom is 0.307 e. The van der Waals surface area contributed by atoms with E-state index in [0.717, 1.165) is 12.8 Å². The van der Waals surface area contributed by atoms with Crippen LogP contribution < -0.4 is 5.32 Å². The molecule has 0 aliphatic heterocycles. The van der Waals surface area contributed by atoms with E-state index >= 15 is 0 Å². The Labute approximate surface area is 106 Å². The summed E-state index contributed by atoms with van der Waals surface area (Å²) in [5.74, 6) is -1.84. The van der Waals surface area contributed by atoms with Gasteiger partial charge >= 0.3 is 5.97 Å². The number of hydrogen-bond donors (Lipinski definition) is 2. The fourth-order valence-electron chi connectivity index (χ4n) is 2.54. The van der Waals surface area contributed by atoms with E-state index in [-0.39, 0.29) is 16.6 Å². The van der Waals surface area contributed by atoms with Crippen LogP contribution in [0.4, 0.5) is 0 Å². The van der Waals surface area contributed by atoms with Gasteiger partial charge in [0, 0.05) is 11.3 Å². The zero-order valence-corrected chi connectivity index (χ0v) is 11.3. The van der Waals surface area contributed by atoms with Crippen LogP contribution in [-0.4, -0.2) is 34.5 Å². The number of carbonyl (C=O) groups is 2. The third-order valence-corrected chi connectivity index (χ3v) is 5.62. The molecule has 2 aliphatic carbocycles. The first kappa shape index (κ1) is 12.7. The maximum absolute atomic E-state index is 11.9. The summed E-state index contributed by atoms with van der Waals surface area (Å²) in [5.41, 5.74) is -0.397. The van der Waals surface area contributed by atoms with Crippen molar-refractivity contribution in [1.29, 1.82) is 0 Å². The Balaban J connectivity index is 1.88. The second kappa shape index (κ2) is 3.90. The van der Waals surface area contributed by atoms with E-state index in [4.69, 9.17) is 5.11 Å². The highest BCUT2D eigenvalue weighted by atomic mass is 32.2. The van der Waals surface area contributed by atoms with Crippen molar-refractivity contribution in [2.75, 3.05) is 12.8 Å². The van der Waals surface area contributed by atoms with Gasteiger partial charge in [-0.3, -0.25) is 9.59 Å². The second-order valence-corrected chi connectivity index (χ2v) is 6.99. The number of thioether (sulfide) groups is 1. The van der Waals surface area contributed by atoms with Gasteiger partial charge < -0.3 is 10.4 Å². The highest BCUT2D eigenvalue weighted by Gasteiger charge is 2.66. The van der Waals surface area contributed by atoms with Crippen LogP contribution in [0.2, 0.25) is 0 Å². The fraction of sp³-hybridized carbons (Fsp3) is 0.833. The Kier molecular flexibility index (Phi) is 2.92. The van der Waals surface area contributed by atoms with E-state index in [1.807, 2.05) is 13.8 Å². The van der Waals surface area contributed by atoms with Crippen LogP contribution in [-0.2, 0) is 9.59 Å². The third-order valence-electron chi connectivity index (χ3n) is 4.20. The van der Waals surface area contributed by atoms with Crippen molar-refractivity contribution in [3.63, 3.8) is 0 Å². The van der Waals surface area contributed by atoms with Crippen molar-refractivity contribution in [3.8, 4) is 0 Å². The largest absolute Gasteiger partial charge is 0.481 e. The van der Waals surface area contributed by atoms with Crippen LogP contribution >= 0.6 is 11.8 Å². The molecule has 0 heterocycles. The number of carboxylic acids is 1. The SMILES string of the molecule is CSC1(CNC(=O)C2C(C(=O)O)C2(C)C)CC1. The fourth-order valence-corrected chi connectivity index (χ4v) is 3.27. The van der Waals surface area contributed by atoms with E-state index < -0.39 is 17.3 Å². The lowest BCUT2D eigenvalue weighted by atomic mass is 10.1. The predicted molar refractivity (Wildman–Crippen MR) is 66.9 cm³/mol. The summed E-state index contributed by atoms with van der Waals surface area (Å²) in [4.78, 5) is 22.9. The number of aliphatic carboxylic acids is 1. The number of hydrogen-bond acceptors (Lipinski definition) is 3. The second-order valence-electron chi connectivity index (χ2n) is 5.72. The molecule has 0 aromatic rings. The first-order valence-corrected chi connectivity index (χ1v) is 7.12. The molecule has 2 N–H and O–H groups in total. The molecule has 0 radical (unpaired) electrons. The summed E-state index contributed by atoms with van der Waals surface area (Å²) in [7, 11) is 0. The van der Waals surface area contributed by atoms with Crippen LogP contribution in [0.25, 0.3) is 0 Å². The Bertz CT molecular complexity index is 363. The number of nitrogens with one attached hydrogen (secondary N) is 1. The molecule has 96 valence electrons. The lowest BCUT2D eigenvalue weighted by molar-refractivity contribution is -0.140. The molecule has 2 aliphatic rings. The molecular formula is C12H19NO3S. The number of carboxylic acid groups (broad SMARTS) is 1. The zero-order valence-electron chi connectivity index (χ0n) is 10.4. The molecule has 2 unspecified atom stereocenters. The molecule has 1 amide bonds. The minimum Gasteiger partial charge on any atom is -0.481 e. The van der Waals surface area contributed by atoms with Gasteiger partial charge in [0.15, 0.2) is 0 Å². The number of carbonyl (C=O) groups excluding carboxylic acids is 1. The monoisotopic (exact) mass is 257 g/mol. The van der Waals surface area contributed by atoms with E-state index in [1.165, 1.54) is 0 Å². The van der Waals surface area contributed by atoms with E-state index in [0.29, 0.717) is 6.54 Å². The standard InChI is InChI=1S/C12H19NO3S/c1-11(2)7(8(11)10(15)16)9(14)13-6-12(17-3)4-5-12/h7-8H,4-6H2,1-3H3,(H,13,14)(H,15,16). The average molecular weight is 257 g/mol. The quantitative estimate of drug-likeness (QED) is 0.780. The van der Waals surface area contributed by atoms with Crippen LogP contribution in [0.5, 0.6) is 0 Å². The van der Waals surface area contributed by atoms with Gasteiger partial charge in [-0.1, -0.05) is 13.8 Å². The topological polar surface area (TPSA) is 66.4 Å². The normalized spacial score (nSPS) is 31.7. The van der Waals surface area contributed by atoms with Crippen molar-refractivity contribution >= 4 is 23.6 Å². The summed E-state index contributed by atoms with van der Waals surface area (Å²) in [5, 5.41) is 11.9. The van der Waals surface area contributed by atoms with E-state index in [1.54, 1.807) is 11.8 Å². The highest BCUT2D eigenvalue weighted by Crippen LogP contribution is 2.58. The number of amides is 1. The summed E-state index contributed by atoms with van der Waals surface area (Å²) in [6.07, 6.45) is 4.34. The van der Waals surface area contributed by atoms with E-state index in [2.05, 4.69) is 11.6 Å². The minimum absolute atomic E-state index is 0.0947. The molecule has 5 heteroatoms. The minimum atomic E-state index is -0.860. The van der Waals surface area contributed by atoms with Gasteiger partial charge in [-0.15, -0.1) is 0 Å². The molecule has 0 spiro atoms. The van der Waals surface area contributed by atoms with Crippen molar-refractivity contribution in [2.45, 2.75) is 31.4 Å². The van der Waals surface area contributed by atoms with Crippen molar-refractivity contribution in [3.05, 3.63) is 0 Å². The first-order valence-electron chi connectivity index (χ1n) is 5.90. The Hall–Kier alpha value is -0.710. The van der Waals surface area contributed by atoms with Crippen molar-refractivity contribution in [1.82, 2.24) is 5.32 Å². The van der Waals surface area contributed by atoms with Crippen molar-refractivity contribution < 1.29 is 14.7 Å². The predicted octanol–water partition coefficient (Wildman–Crippen LogP) is 1.35. The zero-order chi connectivity index (χ0) is 12.8. The summed E-state index contributed by atoms with van der Waals surface area (Å²) in [6.45, 7) is 4.36. The molecule has 0 aromatic carbocycles. The van der Waals surface area contributed by atoms with Crippen LogP contribution in [0.15, 0.2) is 0 Å². The van der Waals surface area contributed by atoms with Gasteiger partial charge in [0.05, 0.1) is 11.8 Å². The van der Waals surface area contributed by atoms with Gasteiger partial charge in [-0.2, -0.15) is 11.8 Å². The van der Waals surface area contributed by atoms with Crippen LogP contribution in [0.3, 0.4) is 0 Å². The Morgan fingerprint density at radius 1 is 1.35 bits per heavy atom. The molecule has 2 fully saturated rings. The summed E-state index contributed by atoms with van der Waals surface area (Å²) in [6, 6.07) is 0. The van der Waals surface area contributed by atoms with Crippen LogP contribution in [0, 0.1) is 17.3 Å². The maximum atomic E-state index is 11.9. The molecule has 17 heavy (non-hydrogen) atoms. The Morgan fingerprint density at radius 3 is 2.29 bits per heavy atom. The van der Waals surface area contributed by atoms with Gasteiger partial charge in [-0.05, 0) is 24.5 Å². The molecule has 2 rings (SSSR count). The smallest absolute Gasteiger partial charge is 0.307 e. The molecule has 2 atom stereocenters. The van der Waals surface area contributed by atoms with E-state index in [9.17, 15) is 9.59 Å². The van der Waals surface area contributed by atoms with Gasteiger partial charge in [0.25, 0.3) is 0 Å². The summed E-state index contributed by atoms with van der Waals surface area (Å²) >= 11 is 1.79. The molecule has 2 saturated carbocycles. The van der Waals surface area contributed by atoms with Gasteiger partial charge in [-0.25, -0.2) is 0 Å². The average Bonchev–Trinajstić information content (AvgIpc) is 3.11. The molecule has 0 bridgehead atoms. The molecule has 0 saturated heterocycles. The number of rotatable bonds is 5. The third kappa shape index (κ3) is 2.17. The molecular weight excluding hydrogens is 238 g/mol. The lowest BCUT2D eigenvalue weighted by Crippen LogP contribution is -2.34. The summed E-state index contributed by atoms with van der Waals surface area (Å²) < 4.78 is 0.230.